The highest BCUT2D eigenvalue weighted by atomic mass is 32.2. The van der Waals surface area contributed by atoms with Crippen molar-refractivity contribution in [2.45, 2.75) is 4.90 Å². The van der Waals surface area contributed by atoms with Gasteiger partial charge >= 0.3 is 5.69 Å². The molecule has 0 aliphatic rings. The van der Waals surface area contributed by atoms with Crippen LogP contribution in [0.2, 0.25) is 0 Å². The standard InChI is InChI=1S/C8H8N4O7S2/c9-21(17,18)4-3-20(15,16)6-2-1-5(12(13)14)7-8(6)11-19-10-7/h1-2H,3-4H2,(H2,9,17,18). The van der Waals surface area contributed by atoms with Crippen molar-refractivity contribution in [1.29, 1.82) is 0 Å². The molecule has 2 rings (SSSR count). The molecule has 0 unspecified atom stereocenters. The molecule has 1 aromatic heterocycles. The fourth-order valence-corrected chi connectivity index (χ4v) is 4.30. The van der Waals surface area contributed by atoms with E-state index < -0.39 is 46.9 Å². The van der Waals surface area contributed by atoms with Gasteiger partial charge < -0.3 is 0 Å². The SMILES string of the molecule is NS(=O)(=O)CCS(=O)(=O)c1ccc([N+](=O)[O-])c2nonc12. The highest BCUT2D eigenvalue weighted by Gasteiger charge is 2.27. The van der Waals surface area contributed by atoms with Crippen molar-refractivity contribution >= 4 is 36.6 Å². The van der Waals surface area contributed by atoms with Crippen LogP contribution in [-0.4, -0.2) is 43.6 Å². The molecule has 0 aliphatic carbocycles. The van der Waals surface area contributed by atoms with Gasteiger partial charge in [-0.05, 0) is 16.4 Å². The maximum atomic E-state index is 12.1. The number of aromatic nitrogens is 2. The predicted molar refractivity (Wildman–Crippen MR) is 68.5 cm³/mol. The van der Waals surface area contributed by atoms with E-state index in [0.717, 1.165) is 12.1 Å². The van der Waals surface area contributed by atoms with Crippen LogP contribution in [0.15, 0.2) is 21.7 Å². The van der Waals surface area contributed by atoms with Crippen molar-refractivity contribution in [1.82, 2.24) is 10.3 Å². The zero-order valence-electron chi connectivity index (χ0n) is 10.2. The number of benzene rings is 1. The molecule has 2 aromatic rings. The zero-order valence-corrected chi connectivity index (χ0v) is 11.8. The Kier molecular flexibility index (Phi) is 3.65. The van der Waals surface area contributed by atoms with Crippen LogP contribution < -0.4 is 5.14 Å². The lowest BCUT2D eigenvalue weighted by molar-refractivity contribution is -0.383. The van der Waals surface area contributed by atoms with Gasteiger partial charge in [-0.3, -0.25) is 10.1 Å². The smallest absolute Gasteiger partial charge is 0.258 e. The predicted octanol–water partition coefficient (Wildman–Crippen LogP) is -0.807. The fourth-order valence-electron chi connectivity index (χ4n) is 1.56. The number of nitro benzene ring substituents is 1. The van der Waals surface area contributed by atoms with Gasteiger partial charge in [0.15, 0.2) is 15.4 Å². The molecule has 0 amide bonds. The topological polar surface area (TPSA) is 176 Å². The number of sulfonamides is 1. The second-order valence-electron chi connectivity index (χ2n) is 3.99. The Labute approximate surface area is 117 Å². The summed E-state index contributed by atoms with van der Waals surface area (Å²) in [7, 11) is -8.05. The molecule has 0 bridgehead atoms. The van der Waals surface area contributed by atoms with E-state index in [9.17, 15) is 26.9 Å². The molecule has 21 heavy (non-hydrogen) atoms. The summed E-state index contributed by atoms with van der Waals surface area (Å²) < 4.78 is 50.2. The number of nitro groups is 1. The second kappa shape index (κ2) is 5.01. The Hall–Kier alpha value is -2.12. The number of non-ortho nitro benzene ring substituents is 1. The molecule has 13 heteroatoms. The molecule has 114 valence electrons. The van der Waals surface area contributed by atoms with Gasteiger partial charge in [0.1, 0.15) is 0 Å². The van der Waals surface area contributed by atoms with Crippen molar-refractivity contribution in [2.24, 2.45) is 5.14 Å². The molecule has 11 nitrogen and oxygen atoms in total. The molecule has 0 aliphatic heterocycles. The van der Waals surface area contributed by atoms with E-state index in [1.807, 2.05) is 0 Å². The van der Waals surface area contributed by atoms with Crippen LogP contribution in [0.3, 0.4) is 0 Å². The maximum absolute atomic E-state index is 12.1. The third-order valence-corrected chi connectivity index (χ3v) is 5.30. The van der Waals surface area contributed by atoms with Crippen molar-refractivity contribution < 1.29 is 26.4 Å². The lowest BCUT2D eigenvalue weighted by atomic mass is 10.3. The zero-order chi connectivity index (χ0) is 15.8. The Bertz CT molecular complexity index is 915. The van der Waals surface area contributed by atoms with E-state index in [0.29, 0.717) is 0 Å². The molecule has 0 saturated carbocycles. The van der Waals surface area contributed by atoms with E-state index in [4.69, 9.17) is 5.14 Å². The quantitative estimate of drug-likeness (QED) is 0.540. The van der Waals surface area contributed by atoms with Crippen LogP contribution in [0.1, 0.15) is 0 Å². The number of fused-ring (bicyclic) bond motifs is 1. The minimum Gasteiger partial charge on any atom is -0.258 e. The van der Waals surface area contributed by atoms with Crippen molar-refractivity contribution in [3.8, 4) is 0 Å². The first kappa shape index (κ1) is 15.3. The average Bonchev–Trinajstić information content (AvgIpc) is 2.83. The van der Waals surface area contributed by atoms with Gasteiger partial charge in [0, 0.05) is 6.07 Å². The molecular weight excluding hydrogens is 328 g/mol. The Morgan fingerprint density at radius 2 is 1.76 bits per heavy atom. The lowest BCUT2D eigenvalue weighted by Gasteiger charge is -2.03. The van der Waals surface area contributed by atoms with Crippen LogP contribution in [0.5, 0.6) is 0 Å². The fraction of sp³-hybridized carbons (Fsp3) is 0.250. The van der Waals surface area contributed by atoms with Crippen molar-refractivity contribution in [2.75, 3.05) is 11.5 Å². The van der Waals surface area contributed by atoms with Gasteiger partial charge in [0.25, 0.3) is 0 Å². The third kappa shape index (κ3) is 3.14. The average molecular weight is 336 g/mol. The monoisotopic (exact) mass is 336 g/mol. The van der Waals surface area contributed by atoms with Gasteiger partial charge in [-0.2, -0.15) is 0 Å². The van der Waals surface area contributed by atoms with Crippen LogP contribution in [0.4, 0.5) is 5.69 Å². The first-order chi connectivity index (χ1) is 9.62. The van der Waals surface area contributed by atoms with Gasteiger partial charge in [0.2, 0.25) is 15.5 Å². The molecule has 1 aromatic carbocycles. The summed E-state index contributed by atoms with van der Waals surface area (Å²) in [4.78, 5) is 9.60. The normalized spacial score (nSPS) is 12.6. The first-order valence-electron chi connectivity index (χ1n) is 5.25. The number of hydrogen-bond donors (Lipinski definition) is 1. The molecule has 0 atom stereocenters. The number of sulfone groups is 1. The number of rotatable bonds is 5. The van der Waals surface area contributed by atoms with Gasteiger partial charge in [-0.1, -0.05) is 0 Å². The molecule has 0 radical (unpaired) electrons. The van der Waals surface area contributed by atoms with Crippen LogP contribution in [-0.2, 0) is 19.9 Å². The summed E-state index contributed by atoms with van der Waals surface area (Å²) >= 11 is 0. The van der Waals surface area contributed by atoms with E-state index in [1.54, 1.807) is 0 Å². The number of hydrogen-bond acceptors (Lipinski definition) is 9. The van der Waals surface area contributed by atoms with Gasteiger partial charge in [0.05, 0.1) is 21.3 Å². The number of primary sulfonamides is 1. The Morgan fingerprint density at radius 3 is 2.33 bits per heavy atom. The summed E-state index contributed by atoms with van der Waals surface area (Å²) in [5.41, 5.74) is -1.15. The largest absolute Gasteiger partial charge is 0.300 e. The van der Waals surface area contributed by atoms with Crippen molar-refractivity contribution in [3.05, 3.63) is 22.2 Å². The summed E-state index contributed by atoms with van der Waals surface area (Å²) in [5.74, 6) is -1.58. The van der Waals surface area contributed by atoms with Crippen LogP contribution in [0.25, 0.3) is 11.0 Å². The highest BCUT2D eigenvalue weighted by Crippen LogP contribution is 2.28. The van der Waals surface area contributed by atoms with Crippen molar-refractivity contribution in [3.63, 3.8) is 0 Å². The number of nitrogens with zero attached hydrogens (tertiary/aromatic N) is 3. The van der Waals surface area contributed by atoms with E-state index >= 15 is 0 Å². The summed E-state index contributed by atoms with van der Waals surface area (Å²) in [6.45, 7) is 0. The summed E-state index contributed by atoms with van der Waals surface area (Å²) in [5, 5.41) is 22.1. The minimum atomic E-state index is -4.08. The summed E-state index contributed by atoms with van der Waals surface area (Å²) in [6.07, 6.45) is 0. The number of nitrogens with two attached hydrogens (primary N) is 1. The van der Waals surface area contributed by atoms with Crippen LogP contribution >= 0.6 is 0 Å². The second-order valence-corrected chi connectivity index (χ2v) is 7.80. The third-order valence-electron chi connectivity index (χ3n) is 2.53. The Balaban J connectivity index is 2.55. The molecule has 0 spiro atoms. The maximum Gasteiger partial charge on any atom is 0.300 e. The van der Waals surface area contributed by atoms with Gasteiger partial charge in [-0.25, -0.2) is 26.6 Å². The molecule has 0 saturated heterocycles. The Morgan fingerprint density at radius 1 is 1.14 bits per heavy atom. The first-order valence-corrected chi connectivity index (χ1v) is 8.61. The lowest BCUT2D eigenvalue weighted by Crippen LogP contribution is -2.23. The minimum absolute atomic E-state index is 0.335. The van der Waals surface area contributed by atoms with Crippen LogP contribution in [0, 0.1) is 10.1 Å². The van der Waals surface area contributed by atoms with E-state index in [-0.39, 0.29) is 11.0 Å². The molecule has 0 fully saturated rings. The van der Waals surface area contributed by atoms with Gasteiger partial charge in [-0.15, -0.1) is 0 Å². The summed E-state index contributed by atoms with van der Waals surface area (Å²) in [6, 6.07) is 1.87. The van der Waals surface area contributed by atoms with E-state index in [2.05, 4.69) is 14.9 Å². The molecule has 2 N–H and O–H groups in total. The molecular formula is C8H8N4O7S2. The highest BCUT2D eigenvalue weighted by molar-refractivity contribution is 7.94. The molecule has 1 heterocycles. The van der Waals surface area contributed by atoms with E-state index in [1.165, 1.54) is 0 Å².